The Morgan fingerprint density at radius 2 is 0.832 bits per heavy atom. The fraction of sp³-hybridized carbons (Fsp3) is 0.516. The zero-order valence-corrected chi connectivity index (χ0v) is 57.3. The van der Waals surface area contributed by atoms with E-state index in [1.165, 1.54) is 20.8 Å². The summed E-state index contributed by atoms with van der Waals surface area (Å²) in [6, 6.07) is 9.22. The highest BCUT2D eigenvalue weighted by molar-refractivity contribution is 7.87. The van der Waals surface area contributed by atoms with Gasteiger partial charge in [0.25, 0.3) is 0 Å². The van der Waals surface area contributed by atoms with E-state index in [1.54, 1.807) is 62.3 Å². The molecule has 0 aliphatic carbocycles. The summed E-state index contributed by atoms with van der Waals surface area (Å²) in [6.07, 6.45) is -15.3. The Morgan fingerprint density at radius 3 is 1.19 bits per heavy atom. The number of ether oxygens (including phenoxy) is 3. The van der Waals surface area contributed by atoms with Crippen LogP contribution in [0, 0.1) is 23.3 Å². The van der Waals surface area contributed by atoms with Gasteiger partial charge in [-0.15, -0.1) is 12.4 Å². The molecule has 3 amide bonds. The van der Waals surface area contributed by atoms with Gasteiger partial charge in [-0.1, -0.05) is 6.08 Å². The van der Waals surface area contributed by atoms with E-state index in [0.29, 0.717) is 62.5 Å². The van der Waals surface area contributed by atoms with Crippen LogP contribution in [0.25, 0.3) is 5.57 Å². The van der Waals surface area contributed by atoms with Gasteiger partial charge < -0.3 is 48.5 Å². The predicted octanol–water partition coefficient (Wildman–Crippen LogP) is 16.5. The summed E-state index contributed by atoms with van der Waals surface area (Å²) >= 11 is 0. The first-order valence-electron chi connectivity index (χ1n) is 30.4. The molecule has 15 nitrogen and oxygen atoms in total. The minimum atomic E-state index is -5.67. The second-order valence-electron chi connectivity index (χ2n) is 25.8. The SMILES string of the molecule is CC(C)(C)OC(=O)N1CC=C(OS(=O)(=O)C(F)(F)F)CC1.CC(C)(C)OC(=O)N1CC=C(c2cc(F)ccc2C(F)(F)F)CC1.CC(C)(C)OC(=O)N1CCC(c2cc(F)ccc2C(F)(F)F)CC1.Cl.Fc1ccc(C(F)(F)F)c(C2CCNCC2)c1.OB(O)c1cc(F)ccc1C(F)(F)F. The first-order chi connectivity index (χ1) is 45.6. The van der Waals surface area contributed by atoms with Crippen molar-refractivity contribution >= 4 is 59.0 Å². The molecule has 4 aliphatic rings. The number of nitrogens with zero attached hydrogens (tertiary/aromatic N) is 3. The smallest absolute Gasteiger partial charge is 0.444 e. The van der Waals surface area contributed by atoms with Gasteiger partial charge in [0.2, 0.25) is 0 Å². The Hall–Kier alpha value is -7.18. The number of amides is 3. The van der Waals surface area contributed by atoms with Crippen LogP contribution in [0.2, 0.25) is 0 Å². The monoisotopic (exact) mass is 1510 g/mol. The molecule has 2 fully saturated rings. The number of likely N-dealkylation sites (tertiary alicyclic amines) is 1. The molecule has 4 heterocycles. The molecule has 566 valence electrons. The van der Waals surface area contributed by atoms with E-state index in [4.69, 9.17) is 24.3 Å². The van der Waals surface area contributed by atoms with Gasteiger partial charge in [-0.3, -0.25) is 0 Å². The number of rotatable bonds is 6. The molecule has 0 unspecified atom stereocenters. The fourth-order valence-electron chi connectivity index (χ4n) is 9.94. The van der Waals surface area contributed by atoms with Crippen molar-refractivity contribution < 1.29 is 135 Å². The maximum Gasteiger partial charge on any atom is 0.534 e. The van der Waals surface area contributed by atoms with E-state index in [1.807, 2.05) is 0 Å². The van der Waals surface area contributed by atoms with Crippen molar-refractivity contribution in [1.82, 2.24) is 20.0 Å². The second kappa shape index (κ2) is 35.3. The van der Waals surface area contributed by atoms with Crippen molar-refractivity contribution in [1.29, 1.82) is 0 Å². The summed E-state index contributed by atoms with van der Waals surface area (Å²) in [4.78, 5) is 39.8. The molecule has 0 spiro atoms. The molecule has 4 aromatic rings. The van der Waals surface area contributed by atoms with Crippen molar-refractivity contribution in [3.05, 3.63) is 153 Å². The van der Waals surface area contributed by atoms with Gasteiger partial charge in [-0.05, 0) is 226 Å². The van der Waals surface area contributed by atoms with Crippen LogP contribution in [-0.4, -0.2) is 133 Å². The van der Waals surface area contributed by atoms with Crippen LogP contribution in [0.3, 0.4) is 0 Å². The van der Waals surface area contributed by atoms with Gasteiger partial charge in [0.1, 0.15) is 45.8 Å². The standard InChI is InChI=1S/C17H21F4NO2.C17H19F4NO2.C12H13F4N.C11H16F3NO5S.C7H5BF4O2.ClH/c2*1-16(2,3)24-15(23)22-8-6-11(7-9-22)13-10-12(18)4-5-14(13)17(19,20)21;13-9-1-2-11(12(14,15)16)10(7-9)8-3-5-17-6-4-8;1-10(2,3)19-9(16)15-6-4-8(5-7-15)20-21(17,18)11(12,13)14;9-4-1-2-5(7(10,11)12)6(3-4)8(13)14;/h4-5,10-11H,6-9H2,1-3H3;4-6,10H,7-9H2,1-3H3;1-2,7-8,17H,3-6H2;4H,5-7H2,1-3H3;1-3,13-14H;1H. The predicted molar refractivity (Wildman–Crippen MR) is 334 cm³/mol. The van der Waals surface area contributed by atoms with E-state index in [-0.39, 0.29) is 92.9 Å². The summed E-state index contributed by atoms with van der Waals surface area (Å²) in [5, 5.41) is 20.2. The molecular weight excluding hydrogens is 1440 g/mol. The largest absolute Gasteiger partial charge is 0.534 e. The molecule has 0 bridgehead atoms. The fourth-order valence-corrected chi connectivity index (χ4v) is 10.5. The Balaban J connectivity index is 0.000000331. The van der Waals surface area contributed by atoms with E-state index >= 15 is 0 Å². The third-order valence-corrected chi connectivity index (χ3v) is 15.4. The molecule has 0 radical (unpaired) electrons. The number of hydrogen-bond donors (Lipinski definition) is 3. The average molecular weight is 1520 g/mol. The molecule has 0 atom stereocenters. The lowest BCUT2D eigenvalue weighted by Crippen LogP contribution is -2.41. The Kier molecular flexibility index (Phi) is 30.8. The number of piperidine rings is 2. The summed E-state index contributed by atoms with van der Waals surface area (Å²) in [5.74, 6) is -3.96. The molecule has 0 saturated carbocycles. The maximum atomic E-state index is 13.4. The number of benzene rings is 4. The lowest BCUT2D eigenvalue weighted by atomic mass is 9.77. The number of halogens is 20. The zero-order chi connectivity index (χ0) is 76.1. The lowest BCUT2D eigenvalue weighted by molar-refractivity contribution is -0.139. The van der Waals surface area contributed by atoms with Crippen molar-refractivity contribution in [3.8, 4) is 0 Å². The Labute approximate surface area is 576 Å². The Morgan fingerprint density at radius 1 is 0.475 bits per heavy atom. The average Bonchev–Trinajstić information content (AvgIpc) is 0.816. The minimum Gasteiger partial charge on any atom is -0.444 e. The Bertz CT molecular complexity index is 3610. The highest BCUT2D eigenvalue weighted by atomic mass is 35.5. The van der Waals surface area contributed by atoms with Gasteiger partial charge in [0.15, 0.2) is 0 Å². The maximum absolute atomic E-state index is 13.4. The molecule has 4 aliphatic heterocycles. The number of alkyl halides is 15. The summed E-state index contributed by atoms with van der Waals surface area (Å²) in [7, 11) is -8.01. The van der Waals surface area contributed by atoms with E-state index in [0.717, 1.165) is 60.7 Å². The first kappa shape index (κ1) is 88.0. The molecule has 2 saturated heterocycles. The van der Waals surface area contributed by atoms with Gasteiger partial charge in [0.05, 0.1) is 22.3 Å². The normalized spacial score (nSPS) is 16.1. The van der Waals surface area contributed by atoms with Crippen molar-refractivity contribution in [2.45, 2.75) is 160 Å². The van der Waals surface area contributed by atoms with Crippen LogP contribution in [0.1, 0.15) is 152 Å². The van der Waals surface area contributed by atoms with Crippen molar-refractivity contribution in [2.24, 2.45) is 0 Å². The second-order valence-corrected chi connectivity index (χ2v) is 27.3. The van der Waals surface area contributed by atoms with Crippen molar-refractivity contribution in [3.63, 3.8) is 0 Å². The van der Waals surface area contributed by atoms with Crippen LogP contribution in [-0.2, 0) is 53.2 Å². The quantitative estimate of drug-likeness (QED) is 0.0546. The number of nitrogens with one attached hydrogen (secondary N) is 1. The molecule has 8 rings (SSSR count). The van der Waals surface area contributed by atoms with Crippen LogP contribution < -0.4 is 10.8 Å². The van der Waals surface area contributed by atoms with Crippen LogP contribution in [0.5, 0.6) is 0 Å². The van der Waals surface area contributed by atoms with Gasteiger partial charge in [0, 0.05) is 45.7 Å². The van der Waals surface area contributed by atoms with E-state index < -0.39 is 139 Å². The molecule has 101 heavy (non-hydrogen) atoms. The molecule has 3 N–H and O–H groups in total. The molecule has 0 aromatic heterocycles. The highest BCUT2D eigenvalue weighted by Gasteiger charge is 2.49. The van der Waals surface area contributed by atoms with Gasteiger partial charge in [-0.2, -0.15) is 74.3 Å². The summed E-state index contributed by atoms with van der Waals surface area (Å²) in [5.41, 5.74) is -11.7. The van der Waals surface area contributed by atoms with Crippen molar-refractivity contribution in [2.75, 3.05) is 52.4 Å². The van der Waals surface area contributed by atoms with Gasteiger partial charge >= 0.3 is 65.7 Å². The summed E-state index contributed by atoms with van der Waals surface area (Å²) in [6.45, 7) is 17.7. The number of carbonyl (C=O) groups is 3. The highest BCUT2D eigenvalue weighted by Crippen LogP contribution is 2.42. The third kappa shape index (κ3) is 28.5. The third-order valence-electron chi connectivity index (χ3n) is 14.4. The lowest BCUT2D eigenvalue weighted by Gasteiger charge is -2.34. The molecular formula is C64H75BClF19N4O11S. The first-order valence-corrected chi connectivity index (χ1v) is 31.8. The topological polar surface area (TPSA) is 184 Å². The summed E-state index contributed by atoms with van der Waals surface area (Å²) < 4.78 is 284. The number of carbonyl (C=O) groups excluding carboxylic acids is 3. The van der Waals surface area contributed by atoms with E-state index in [2.05, 4.69) is 9.50 Å². The van der Waals surface area contributed by atoms with E-state index in [9.17, 15) is 106 Å². The van der Waals surface area contributed by atoms with Crippen LogP contribution >= 0.6 is 12.4 Å². The van der Waals surface area contributed by atoms with Crippen LogP contribution in [0.4, 0.5) is 97.8 Å². The van der Waals surface area contributed by atoms with Gasteiger partial charge in [-0.25, -0.2) is 31.9 Å². The minimum absolute atomic E-state index is 0. The number of hydrogen-bond acceptors (Lipinski definition) is 12. The molecule has 4 aromatic carbocycles. The molecule has 37 heteroatoms. The zero-order valence-electron chi connectivity index (χ0n) is 55.6. The van der Waals surface area contributed by atoms with Crippen LogP contribution in [0.15, 0.2) is 90.7 Å².